The Morgan fingerprint density at radius 1 is 0.694 bits per heavy atom. The van der Waals surface area contributed by atoms with Crippen molar-refractivity contribution in [3.05, 3.63) is 89.0 Å². The molecule has 3 rings (SSSR count). The summed E-state index contributed by atoms with van der Waals surface area (Å²) in [4.78, 5) is 12.2. The molecule has 6 heteroatoms. The number of aromatic carboxylic acids is 1. The van der Waals surface area contributed by atoms with Gasteiger partial charge in [-0.2, -0.15) is 0 Å². The molecule has 270 valence electrons. The first-order chi connectivity index (χ1) is 23.1. The summed E-state index contributed by atoms with van der Waals surface area (Å²) in [6.45, 7) is 23.3. The van der Waals surface area contributed by atoms with Crippen molar-refractivity contribution in [2.45, 2.75) is 147 Å². The fourth-order valence-corrected chi connectivity index (χ4v) is 26.5. The van der Waals surface area contributed by atoms with Crippen LogP contribution in [0.3, 0.4) is 0 Å². The van der Waals surface area contributed by atoms with E-state index in [0.29, 0.717) is 5.56 Å². The van der Waals surface area contributed by atoms with E-state index in [1.54, 1.807) is 11.7 Å². The highest BCUT2D eigenvalue weighted by molar-refractivity contribution is 6.95. The molecule has 3 aromatic rings. The van der Waals surface area contributed by atoms with Crippen LogP contribution in [0.1, 0.15) is 98.2 Å². The third kappa shape index (κ3) is 14.8. The van der Waals surface area contributed by atoms with E-state index in [0.717, 1.165) is 41.9 Å². The van der Waals surface area contributed by atoms with Gasteiger partial charge in [0.15, 0.2) is 0 Å². The molecule has 0 aliphatic carbocycles. The molecular weight excluding hydrogens is 649 g/mol. The zero-order valence-electron chi connectivity index (χ0n) is 32.6. The van der Waals surface area contributed by atoms with E-state index in [2.05, 4.69) is 90.0 Å². The Morgan fingerprint density at radius 2 is 1.31 bits per heavy atom. The molecule has 0 aliphatic rings. The zero-order valence-corrected chi connectivity index (χ0v) is 35.6. The molecule has 0 amide bonds. The number of rotatable bonds is 22. The summed E-state index contributed by atoms with van der Waals surface area (Å²) in [6.07, 6.45) is 11.2. The molecule has 1 unspecified atom stereocenters. The second kappa shape index (κ2) is 19.3. The Balaban J connectivity index is 1.55. The number of hydrogen-bond donors (Lipinski definition) is 1. The minimum atomic E-state index is -1.14. The summed E-state index contributed by atoms with van der Waals surface area (Å²) < 4.78 is 5.98. The van der Waals surface area contributed by atoms with E-state index in [-0.39, 0.29) is 5.92 Å². The first-order valence-electron chi connectivity index (χ1n) is 19.3. The van der Waals surface area contributed by atoms with Gasteiger partial charge in [-0.05, 0) is 71.3 Å². The standard InChI is InChI=1S/C43H68O3Si3/c1-10-11-12-13-14-16-29-46-40-26-23-38(24-27-40)42-33-39(25-28-41(42)43(44)45)35(2)37-21-19-36(20-22-37)18-15-17-30-48(6,7)31-32-49(8,9)34-47(3,4)5/h19-28,33,35H,10-18,29-32,34H2,1-9H3,(H,44,45). The number of unbranched alkanes of at least 4 members (excludes halogenated alkanes) is 6. The average molecular weight is 717 g/mol. The van der Waals surface area contributed by atoms with Gasteiger partial charge in [0.2, 0.25) is 0 Å². The van der Waals surface area contributed by atoms with Crippen molar-refractivity contribution >= 4 is 30.2 Å². The van der Waals surface area contributed by atoms with Crippen LogP contribution in [-0.4, -0.2) is 41.9 Å². The number of carbonyl (C=O) groups is 1. The first-order valence-corrected chi connectivity index (χ1v) is 29.8. The lowest BCUT2D eigenvalue weighted by Gasteiger charge is -2.33. The number of carboxylic acids is 1. The molecule has 1 atom stereocenters. The number of carboxylic acid groups (broad SMARTS) is 1. The van der Waals surface area contributed by atoms with Crippen LogP contribution < -0.4 is 4.74 Å². The molecule has 0 saturated heterocycles. The molecule has 0 bridgehead atoms. The highest BCUT2D eigenvalue weighted by Gasteiger charge is 2.31. The smallest absolute Gasteiger partial charge is 0.336 e. The van der Waals surface area contributed by atoms with Gasteiger partial charge in [0.1, 0.15) is 5.75 Å². The summed E-state index contributed by atoms with van der Waals surface area (Å²) in [7, 11) is -3.17. The minimum absolute atomic E-state index is 0.163. The van der Waals surface area contributed by atoms with Gasteiger partial charge in [0.05, 0.1) is 12.2 Å². The van der Waals surface area contributed by atoms with E-state index in [4.69, 9.17) is 4.74 Å². The lowest BCUT2D eigenvalue weighted by atomic mass is 9.88. The van der Waals surface area contributed by atoms with Crippen molar-refractivity contribution < 1.29 is 14.6 Å². The minimum Gasteiger partial charge on any atom is -0.494 e. The van der Waals surface area contributed by atoms with Crippen molar-refractivity contribution in [1.29, 1.82) is 0 Å². The third-order valence-corrected chi connectivity index (χ3v) is 23.7. The summed E-state index contributed by atoms with van der Waals surface area (Å²) in [5.74, 6) is 0.0971. The van der Waals surface area contributed by atoms with E-state index < -0.39 is 30.2 Å². The number of hydrogen-bond acceptors (Lipinski definition) is 2. The molecule has 0 radical (unpaired) electrons. The Morgan fingerprint density at radius 3 is 1.94 bits per heavy atom. The van der Waals surface area contributed by atoms with Crippen molar-refractivity contribution in [2.75, 3.05) is 6.61 Å². The Kier molecular flexibility index (Phi) is 16.1. The van der Waals surface area contributed by atoms with Gasteiger partial charge in [-0.1, -0.05) is 164 Å². The molecular formula is C43H68O3Si3. The molecule has 0 heterocycles. The number of ether oxygens (including phenoxy) is 1. The highest BCUT2D eigenvalue weighted by atomic mass is 28.4. The zero-order chi connectivity index (χ0) is 36.1. The molecule has 0 fully saturated rings. The normalized spacial score (nSPS) is 13.0. The molecule has 1 N–H and O–H groups in total. The fraction of sp³-hybridized carbons (Fsp3) is 0.558. The van der Waals surface area contributed by atoms with Crippen LogP contribution in [0, 0.1) is 0 Å². The van der Waals surface area contributed by atoms with Gasteiger partial charge in [0.25, 0.3) is 0 Å². The number of benzene rings is 3. The third-order valence-electron chi connectivity index (χ3n) is 10.2. The van der Waals surface area contributed by atoms with Gasteiger partial charge < -0.3 is 9.84 Å². The maximum atomic E-state index is 12.2. The van der Waals surface area contributed by atoms with E-state index in [1.165, 1.54) is 74.2 Å². The van der Waals surface area contributed by atoms with Crippen molar-refractivity contribution in [3.8, 4) is 16.9 Å². The number of aryl methyl sites for hydroxylation is 1. The van der Waals surface area contributed by atoms with Crippen LogP contribution in [0.25, 0.3) is 11.1 Å². The van der Waals surface area contributed by atoms with Crippen LogP contribution in [0.2, 0.25) is 69.6 Å². The highest BCUT2D eigenvalue weighted by Crippen LogP contribution is 2.33. The van der Waals surface area contributed by atoms with Crippen molar-refractivity contribution in [3.63, 3.8) is 0 Å². The molecule has 3 aromatic carbocycles. The summed E-state index contributed by atoms with van der Waals surface area (Å²) in [5, 5.41) is 9.99. The van der Waals surface area contributed by atoms with E-state index in [9.17, 15) is 9.90 Å². The monoisotopic (exact) mass is 716 g/mol. The Labute approximate surface area is 303 Å². The molecule has 0 saturated carbocycles. The summed E-state index contributed by atoms with van der Waals surface area (Å²) in [5.41, 5.74) is 7.35. The summed E-state index contributed by atoms with van der Waals surface area (Å²) >= 11 is 0. The largest absolute Gasteiger partial charge is 0.494 e. The topological polar surface area (TPSA) is 46.5 Å². The summed E-state index contributed by atoms with van der Waals surface area (Å²) in [6, 6.07) is 27.3. The molecule has 0 aliphatic heterocycles. The lowest BCUT2D eigenvalue weighted by molar-refractivity contribution is 0.0697. The van der Waals surface area contributed by atoms with Gasteiger partial charge in [0, 0.05) is 30.1 Å². The van der Waals surface area contributed by atoms with Crippen LogP contribution in [0.5, 0.6) is 5.75 Å². The van der Waals surface area contributed by atoms with Crippen molar-refractivity contribution in [1.82, 2.24) is 0 Å². The van der Waals surface area contributed by atoms with Gasteiger partial charge in [-0.3, -0.25) is 0 Å². The molecule has 0 aromatic heterocycles. The maximum absolute atomic E-state index is 12.2. The Hall–Kier alpha value is -2.42. The lowest BCUT2D eigenvalue weighted by Crippen LogP contribution is -2.39. The molecule has 0 spiro atoms. The quantitative estimate of drug-likeness (QED) is 0.0832. The van der Waals surface area contributed by atoms with E-state index >= 15 is 0 Å². The van der Waals surface area contributed by atoms with Gasteiger partial charge in [-0.15, -0.1) is 0 Å². The molecule has 3 nitrogen and oxygen atoms in total. The second-order valence-corrected chi connectivity index (χ2v) is 34.2. The SMILES string of the molecule is CCCCCCCCOc1ccc(-c2cc(C(C)c3ccc(CCCC[Si](C)(C)CC[Si](C)(C)C[Si](C)(C)C)cc3)ccc2C(=O)O)cc1. The van der Waals surface area contributed by atoms with Crippen LogP contribution in [0.15, 0.2) is 66.7 Å². The average Bonchev–Trinajstić information content (AvgIpc) is 3.04. The van der Waals surface area contributed by atoms with Crippen LogP contribution in [0.4, 0.5) is 0 Å². The van der Waals surface area contributed by atoms with E-state index in [1.807, 2.05) is 30.3 Å². The Bertz CT molecular complexity index is 1420. The second-order valence-electron chi connectivity index (χ2n) is 17.5. The predicted molar refractivity (Wildman–Crippen MR) is 222 cm³/mol. The van der Waals surface area contributed by atoms with Crippen LogP contribution >= 0.6 is 0 Å². The van der Waals surface area contributed by atoms with Crippen molar-refractivity contribution in [2.24, 2.45) is 0 Å². The predicted octanol–water partition coefficient (Wildman–Crippen LogP) is 13.6. The fourth-order valence-electron chi connectivity index (χ4n) is 7.48. The maximum Gasteiger partial charge on any atom is 0.336 e. The van der Waals surface area contributed by atoms with Crippen LogP contribution in [-0.2, 0) is 6.42 Å². The van der Waals surface area contributed by atoms with Gasteiger partial charge >= 0.3 is 5.97 Å². The molecule has 49 heavy (non-hydrogen) atoms. The first kappa shape index (κ1) is 41.0. The van der Waals surface area contributed by atoms with Gasteiger partial charge in [-0.25, -0.2) is 4.79 Å².